The van der Waals surface area contributed by atoms with Gasteiger partial charge in [0, 0.05) is 12.1 Å². The van der Waals surface area contributed by atoms with E-state index in [2.05, 4.69) is 4.98 Å². The Morgan fingerprint density at radius 2 is 2.29 bits per heavy atom. The van der Waals surface area contributed by atoms with Gasteiger partial charge in [0.1, 0.15) is 11.4 Å². The molecule has 1 aromatic heterocycles. The monoisotopic (exact) mass is 231 g/mol. The first-order valence-electron chi connectivity index (χ1n) is 6.33. The largest absolute Gasteiger partial charge is 0.494 e. The van der Waals surface area contributed by atoms with Gasteiger partial charge in [-0.3, -0.25) is 4.79 Å². The number of ketones is 1. The molecule has 0 saturated heterocycles. The van der Waals surface area contributed by atoms with Crippen LogP contribution in [0.1, 0.15) is 36.2 Å². The van der Waals surface area contributed by atoms with Crippen molar-refractivity contribution in [3.05, 3.63) is 24.0 Å². The van der Waals surface area contributed by atoms with Crippen molar-refractivity contribution in [3.8, 4) is 5.75 Å². The van der Waals surface area contributed by atoms with Gasteiger partial charge in [-0.1, -0.05) is 6.42 Å². The Kier molecular flexibility index (Phi) is 2.61. The number of hydrogen-bond donors (Lipinski definition) is 0. The number of aromatic nitrogens is 1. The zero-order valence-electron chi connectivity index (χ0n) is 10.1. The van der Waals surface area contributed by atoms with Crippen LogP contribution in [0.3, 0.4) is 0 Å². The number of pyridine rings is 1. The molecule has 3 nitrogen and oxygen atoms in total. The van der Waals surface area contributed by atoms with E-state index in [0.29, 0.717) is 17.4 Å². The first-order chi connectivity index (χ1) is 8.29. The molecular weight excluding hydrogens is 214 g/mol. The molecule has 17 heavy (non-hydrogen) atoms. The predicted octanol–water partition coefficient (Wildman–Crippen LogP) is 2.71. The molecule has 3 heteroatoms. The van der Waals surface area contributed by atoms with E-state index < -0.39 is 0 Å². The van der Waals surface area contributed by atoms with Gasteiger partial charge in [-0.05, 0) is 43.2 Å². The van der Waals surface area contributed by atoms with Crippen LogP contribution >= 0.6 is 0 Å². The minimum atomic E-state index is 0.189. The summed E-state index contributed by atoms with van der Waals surface area (Å²) >= 11 is 0. The fourth-order valence-corrected chi connectivity index (χ4v) is 3.48. The van der Waals surface area contributed by atoms with Gasteiger partial charge in [-0.25, -0.2) is 4.98 Å². The summed E-state index contributed by atoms with van der Waals surface area (Å²) in [5.41, 5.74) is 0.521. The SMILES string of the molecule is COc1cccnc1C(=O)C1CC2CCC1C2. The molecule has 90 valence electrons. The molecular formula is C14H17NO2. The van der Waals surface area contributed by atoms with Gasteiger partial charge in [0.15, 0.2) is 5.78 Å². The lowest BCUT2D eigenvalue weighted by Gasteiger charge is -2.20. The van der Waals surface area contributed by atoms with Crippen molar-refractivity contribution in [2.75, 3.05) is 7.11 Å². The van der Waals surface area contributed by atoms with Crippen LogP contribution in [0, 0.1) is 17.8 Å². The third kappa shape index (κ3) is 1.74. The van der Waals surface area contributed by atoms with Crippen molar-refractivity contribution in [3.63, 3.8) is 0 Å². The second-order valence-corrected chi connectivity index (χ2v) is 5.20. The third-order valence-electron chi connectivity index (χ3n) is 4.30. The van der Waals surface area contributed by atoms with Crippen LogP contribution in [-0.2, 0) is 0 Å². The summed E-state index contributed by atoms with van der Waals surface area (Å²) in [7, 11) is 1.59. The van der Waals surface area contributed by atoms with E-state index in [0.717, 1.165) is 12.3 Å². The standard InChI is InChI=1S/C14H17NO2/c1-17-12-3-2-6-15-13(12)14(16)11-8-9-4-5-10(11)7-9/h2-3,6,9-11H,4-5,7-8H2,1H3. The first-order valence-corrected chi connectivity index (χ1v) is 6.33. The molecule has 2 fully saturated rings. The number of ether oxygens (including phenoxy) is 1. The number of fused-ring (bicyclic) bond motifs is 2. The van der Waals surface area contributed by atoms with Gasteiger partial charge in [0.25, 0.3) is 0 Å². The highest BCUT2D eigenvalue weighted by Gasteiger charge is 2.44. The fraction of sp³-hybridized carbons (Fsp3) is 0.571. The Hall–Kier alpha value is -1.38. The summed E-state index contributed by atoms with van der Waals surface area (Å²) in [6, 6.07) is 3.61. The van der Waals surface area contributed by atoms with Gasteiger partial charge < -0.3 is 4.74 Å². The Labute approximate surface area is 101 Å². The number of carbonyl (C=O) groups excluding carboxylic acids is 1. The highest BCUT2D eigenvalue weighted by atomic mass is 16.5. The Morgan fingerprint density at radius 1 is 1.41 bits per heavy atom. The van der Waals surface area contributed by atoms with Crippen LogP contribution < -0.4 is 4.74 Å². The topological polar surface area (TPSA) is 39.2 Å². The Bertz CT molecular complexity index is 444. The molecule has 0 radical (unpaired) electrons. The van der Waals surface area contributed by atoms with Gasteiger partial charge in [-0.15, -0.1) is 0 Å². The number of Topliss-reactive ketones (excluding diaryl/α,β-unsaturated/α-hetero) is 1. The second-order valence-electron chi connectivity index (χ2n) is 5.20. The van der Waals surface area contributed by atoms with Crippen molar-refractivity contribution >= 4 is 5.78 Å². The molecule has 0 aliphatic heterocycles. The fourth-order valence-electron chi connectivity index (χ4n) is 3.48. The first kappa shape index (κ1) is 10.8. The highest BCUT2D eigenvalue weighted by molar-refractivity contribution is 5.98. The average molecular weight is 231 g/mol. The van der Waals surface area contributed by atoms with Crippen molar-refractivity contribution < 1.29 is 9.53 Å². The molecule has 3 rings (SSSR count). The van der Waals surface area contributed by atoms with E-state index in [-0.39, 0.29) is 11.7 Å². The van der Waals surface area contributed by atoms with Crippen LogP contribution in [0.25, 0.3) is 0 Å². The molecule has 2 saturated carbocycles. The lowest BCUT2D eigenvalue weighted by atomic mass is 9.84. The molecule has 3 unspecified atom stereocenters. The summed E-state index contributed by atoms with van der Waals surface area (Å²) < 4.78 is 5.22. The zero-order chi connectivity index (χ0) is 11.8. The molecule has 0 aromatic carbocycles. The summed E-state index contributed by atoms with van der Waals surface area (Å²) in [5.74, 6) is 2.37. The average Bonchev–Trinajstić information content (AvgIpc) is 3.00. The van der Waals surface area contributed by atoms with Crippen LogP contribution in [0.4, 0.5) is 0 Å². The third-order valence-corrected chi connectivity index (χ3v) is 4.30. The molecule has 2 aliphatic rings. The minimum Gasteiger partial charge on any atom is -0.494 e. The zero-order valence-corrected chi connectivity index (χ0v) is 10.1. The maximum absolute atomic E-state index is 12.5. The van der Waals surface area contributed by atoms with Gasteiger partial charge in [-0.2, -0.15) is 0 Å². The molecule has 2 aliphatic carbocycles. The van der Waals surface area contributed by atoms with Gasteiger partial charge in [0.05, 0.1) is 7.11 Å². The van der Waals surface area contributed by atoms with E-state index >= 15 is 0 Å². The Morgan fingerprint density at radius 3 is 2.94 bits per heavy atom. The maximum Gasteiger partial charge on any atom is 0.188 e. The molecule has 3 atom stereocenters. The van der Waals surface area contributed by atoms with Crippen molar-refractivity contribution in [2.24, 2.45) is 17.8 Å². The quantitative estimate of drug-likeness (QED) is 0.751. The van der Waals surface area contributed by atoms with E-state index in [1.165, 1.54) is 19.3 Å². The highest BCUT2D eigenvalue weighted by Crippen LogP contribution is 2.49. The molecule has 2 bridgehead atoms. The van der Waals surface area contributed by atoms with E-state index in [4.69, 9.17) is 4.74 Å². The number of rotatable bonds is 3. The van der Waals surface area contributed by atoms with E-state index in [9.17, 15) is 4.79 Å². The number of methoxy groups -OCH3 is 1. The summed E-state index contributed by atoms with van der Waals surface area (Å²) in [4.78, 5) is 16.7. The van der Waals surface area contributed by atoms with Gasteiger partial charge in [0.2, 0.25) is 0 Å². The summed E-state index contributed by atoms with van der Waals surface area (Å²) in [6.07, 6.45) is 6.50. The molecule has 1 heterocycles. The second kappa shape index (κ2) is 4.13. The van der Waals surface area contributed by atoms with Crippen molar-refractivity contribution in [1.82, 2.24) is 4.98 Å². The van der Waals surface area contributed by atoms with Crippen LogP contribution in [0.5, 0.6) is 5.75 Å². The number of carbonyl (C=O) groups is 1. The number of hydrogen-bond acceptors (Lipinski definition) is 3. The van der Waals surface area contributed by atoms with E-state index in [1.807, 2.05) is 6.07 Å². The lowest BCUT2D eigenvalue weighted by molar-refractivity contribution is 0.0866. The van der Waals surface area contributed by atoms with Gasteiger partial charge >= 0.3 is 0 Å². The molecule has 0 amide bonds. The van der Waals surface area contributed by atoms with Crippen molar-refractivity contribution in [1.29, 1.82) is 0 Å². The summed E-state index contributed by atoms with van der Waals surface area (Å²) in [5, 5.41) is 0. The number of nitrogens with zero attached hydrogens (tertiary/aromatic N) is 1. The molecule has 0 N–H and O–H groups in total. The predicted molar refractivity (Wildman–Crippen MR) is 64.1 cm³/mol. The normalized spacial score (nSPS) is 30.5. The summed E-state index contributed by atoms with van der Waals surface area (Å²) in [6.45, 7) is 0. The van der Waals surface area contributed by atoms with Crippen molar-refractivity contribution in [2.45, 2.75) is 25.7 Å². The lowest BCUT2D eigenvalue weighted by Crippen LogP contribution is -2.22. The molecule has 0 spiro atoms. The van der Waals surface area contributed by atoms with Crippen LogP contribution in [-0.4, -0.2) is 17.9 Å². The Balaban J connectivity index is 1.86. The minimum absolute atomic E-state index is 0.189. The van der Waals surface area contributed by atoms with E-state index in [1.54, 1.807) is 19.4 Å². The molecule has 1 aromatic rings. The van der Waals surface area contributed by atoms with Crippen LogP contribution in [0.2, 0.25) is 0 Å². The maximum atomic E-state index is 12.5. The van der Waals surface area contributed by atoms with Crippen LogP contribution in [0.15, 0.2) is 18.3 Å². The smallest absolute Gasteiger partial charge is 0.188 e.